The van der Waals surface area contributed by atoms with Gasteiger partial charge in [0.05, 0.1) is 11.4 Å². The summed E-state index contributed by atoms with van der Waals surface area (Å²) in [6, 6.07) is 3.73. The van der Waals surface area contributed by atoms with Crippen molar-refractivity contribution >= 4 is 23.2 Å². The lowest BCUT2D eigenvalue weighted by Crippen LogP contribution is -2.38. The lowest BCUT2D eigenvalue weighted by Gasteiger charge is -2.29. The molecule has 7 heteroatoms. The van der Waals surface area contributed by atoms with E-state index < -0.39 is 0 Å². The molecule has 126 valence electrons. The molecule has 0 saturated carbocycles. The molecule has 0 unspecified atom stereocenters. The lowest BCUT2D eigenvalue weighted by atomic mass is 10.0. The molecule has 1 N–H and O–H groups in total. The topological polar surface area (TPSA) is 69.3 Å². The zero-order valence-electron chi connectivity index (χ0n) is 13.5. The number of aromatic nitrogens is 2. The Bertz CT molecular complexity index is 747. The van der Waals surface area contributed by atoms with E-state index >= 15 is 0 Å². The number of amides is 2. The van der Waals surface area contributed by atoms with Crippen LogP contribution in [0, 0.1) is 0 Å². The Hall–Kier alpha value is -2.15. The van der Waals surface area contributed by atoms with Gasteiger partial charge in [-0.15, -0.1) is 11.3 Å². The molecule has 0 bridgehead atoms. The summed E-state index contributed by atoms with van der Waals surface area (Å²) in [7, 11) is 0. The van der Waals surface area contributed by atoms with Gasteiger partial charge in [0, 0.05) is 37.3 Å². The maximum atomic E-state index is 12.8. The van der Waals surface area contributed by atoms with Gasteiger partial charge in [-0.3, -0.25) is 14.7 Å². The molecule has 0 aliphatic carbocycles. The summed E-state index contributed by atoms with van der Waals surface area (Å²) in [4.78, 5) is 29.8. The number of rotatable bonds is 2. The van der Waals surface area contributed by atoms with E-state index in [0.29, 0.717) is 25.2 Å². The molecule has 2 amide bonds. The van der Waals surface area contributed by atoms with E-state index in [1.807, 2.05) is 27.3 Å². The summed E-state index contributed by atoms with van der Waals surface area (Å²) in [6.45, 7) is 2.72. The molecule has 0 aromatic carbocycles. The molecular formula is C17H20N4O2S. The Balaban J connectivity index is 1.55. The highest BCUT2D eigenvalue weighted by Gasteiger charge is 2.30. The fourth-order valence-electron chi connectivity index (χ4n) is 3.45. The largest absolute Gasteiger partial charge is 0.337 e. The van der Waals surface area contributed by atoms with Gasteiger partial charge in [-0.1, -0.05) is 6.07 Å². The number of hydrogen-bond donors (Lipinski definition) is 1. The molecule has 0 radical (unpaired) electrons. The second-order valence-corrected chi connectivity index (χ2v) is 7.28. The summed E-state index contributed by atoms with van der Waals surface area (Å²) in [5.74, 6) is 0.0332. The van der Waals surface area contributed by atoms with Crippen LogP contribution in [0.2, 0.25) is 0 Å². The van der Waals surface area contributed by atoms with Gasteiger partial charge in [-0.05, 0) is 30.7 Å². The molecule has 2 aromatic heterocycles. The van der Waals surface area contributed by atoms with Crippen LogP contribution in [0.1, 0.15) is 50.7 Å². The van der Waals surface area contributed by atoms with Gasteiger partial charge in [0.25, 0.3) is 11.8 Å². The molecule has 0 spiro atoms. The first-order chi connectivity index (χ1) is 11.7. The Morgan fingerprint density at radius 1 is 1.08 bits per heavy atom. The van der Waals surface area contributed by atoms with Crippen LogP contribution in [-0.4, -0.2) is 51.4 Å². The zero-order valence-corrected chi connectivity index (χ0v) is 14.3. The summed E-state index contributed by atoms with van der Waals surface area (Å²) in [5, 5.41) is 9.19. The van der Waals surface area contributed by atoms with Crippen LogP contribution in [0.3, 0.4) is 0 Å². The predicted octanol–water partition coefficient (Wildman–Crippen LogP) is 2.30. The van der Waals surface area contributed by atoms with E-state index in [4.69, 9.17) is 0 Å². The fraction of sp³-hybridized carbons (Fsp3) is 0.471. The summed E-state index contributed by atoms with van der Waals surface area (Å²) < 4.78 is 0. The smallest absolute Gasteiger partial charge is 0.274 e. The van der Waals surface area contributed by atoms with Crippen molar-refractivity contribution in [2.75, 3.05) is 19.6 Å². The van der Waals surface area contributed by atoms with Crippen LogP contribution >= 0.6 is 11.3 Å². The third kappa shape index (κ3) is 2.73. The Kier molecular flexibility index (Phi) is 4.10. The van der Waals surface area contributed by atoms with Crippen molar-refractivity contribution in [2.45, 2.75) is 32.2 Å². The van der Waals surface area contributed by atoms with Crippen molar-refractivity contribution in [1.29, 1.82) is 0 Å². The van der Waals surface area contributed by atoms with Gasteiger partial charge in [-0.2, -0.15) is 5.10 Å². The molecule has 6 nitrogen and oxygen atoms in total. The highest BCUT2D eigenvalue weighted by molar-refractivity contribution is 7.12. The van der Waals surface area contributed by atoms with Gasteiger partial charge in [-0.25, -0.2) is 0 Å². The van der Waals surface area contributed by atoms with E-state index in [1.54, 1.807) is 0 Å². The van der Waals surface area contributed by atoms with Crippen LogP contribution < -0.4 is 0 Å². The molecule has 4 heterocycles. The summed E-state index contributed by atoms with van der Waals surface area (Å²) in [6.07, 6.45) is 4.01. The van der Waals surface area contributed by atoms with Gasteiger partial charge >= 0.3 is 0 Å². The Morgan fingerprint density at radius 3 is 2.67 bits per heavy atom. The van der Waals surface area contributed by atoms with E-state index in [2.05, 4.69) is 10.2 Å². The van der Waals surface area contributed by atoms with Gasteiger partial charge < -0.3 is 9.80 Å². The predicted molar refractivity (Wildman–Crippen MR) is 91.1 cm³/mol. The fourth-order valence-corrected chi connectivity index (χ4v) is 4.14. The molecule has 2 aliphatic rings. The first kappa shape index (κ1) is 15.4. The number of thiophene rings is 1. The molecule has 1 fully saturated rings. The second-order valence-electron chi connectivity index (χ2n) is 6.34. The van der Waals surface area contributed by atoms with Crippen LogP contribution in [0.4, 0.5) is 0 Å². The highest BCUT2D eigenvalue weighted by atomic mass is 32.1. The molecule has 2 aromatic rings. The number of likely N-dealkylation sites (tertiary alicyclic amines) is 1. The summed E-state index contributed by atoms with van der Waals surface area (Å²) >= 11 is 1.45. The number of aromatic amines is 1. The van der Waals surface area contributed by atoms with E-state index in [0.717, 1.165) is 42.1 Å². The minimum absolute atomic E-state index is 0.00220. The number of hydrogen-bond acceptors (Lipinski definition) is 4. The first-order valence-electron chi connectivity index (χ1n) is 8.42. The van der Waals surface area contributed by atoms with Crippen LogP contribution in [0.5, 0.6) is 0 Å². The molecular weight excluding hydrogens is 324 g/mol. The summed E-state index contributed by atoms with van der Waals surface area (Å²) in [5.41, 5.74) is 2.38. The third-order valence-corrected chi connectivity index (χ3v) is 5.66. The Morgan fingerprint density at radius 2 is 1.92 bits per heavy atom. The average Bonchev–Trinajstić information content (AvgIpc) is 3.30. The SMILES string of the molecule is O=C(c1cccs1)N1CCc2[nH]nc(C(=O)N3CCCCC3)c2C1. The molecule has 4 rings (SSSR count). The number of nitrogens with one attached hydrogen (secondary N) is 1. The number of fused-ring (bicyclic) bond motifs is 1. The second kappa shape index (κ2) is 6.39. The minimum Gasteiger partial charge on any atom is -0.337 e. The normalized spacial score (nSPS) is 17.7. The van der Waals surface area contributed by atoms with E-state index in [9.17, 15) is 9.59 Å². The standard InChI is InChI=1S/C17H20N4O2S/c22-16(14-5-4-10-24-14)21-9-6-13-12(11-21)15(19-18-13)17(23)20-7-2-1-3-8-20/h4-5,10H,1-3,6-9,11H2,(H,18,19). The number of carbonyl (C=O) groups excluding carboxylic acids is 2. The van der Waals surface area contributed by atoms with Crippen LogP contribution in [-0.2, 0) is 13.0 Å². The van der Waals surface area contributed by atoms with Crippen molar-refractivity contribution in [3.8, 4) is 0 Å². The first-order valence-corrected chi connectivity index (χ1v) is 9.30. The van der Waals surface area contributed by atoms with Gasteiger partial charge in [0.2, 0.25) is 0 Å². The molecule has 1 saturated heterocycles. The molecule has 2 aliphatic heterocycles. The van der Waals surface area contributed by atoms with Crippen molar-refractivity contribution in [3.63, 3.8) is 0 Å². The van der Waals surface area contributed by atoms with Crippen LogP contribution in [0.25, 0.3) is 0 Å². The minimum atomic E-state index is -0.00220. The van der Waals surface area contributed by atoms with Crippen molar-refractivity contribution < 1.29 is 9.59 Å². The maximum absolute atomic E-state index is 12.8. The number of H-pyrrole nitrogens is 1. The van der Waals surface area contributed by atoms with Gasteiger partial charge in [0.1, 0.15) is 0 Å². The van der Waals surface area contributed by atoms with Crippen molar-refractivity contribution in [2.24, 2.45) is 0 Å². The zero-order chi connectivity index (χ0) is 16.5. The van der Waals surface area contributed by atoms with Crippen molar-refractivity contribution in [3.05, 3.63) is 39.3 Å². The van der Waals surface area contributed by atoms with E-state index in [1.165, 1.54) is 17.8 Å². The van der Waals surface area contributed by atoms with Gasteiger partial charge in [0.15, 0.2) is 5.69 Å². The van der Waals surface area contributed by atoms with E-state index in [-0.39, 0.29) is 11.8 Å². The number of nitrogens with zero attached hydrogens (tertiary/aromatic N) is 3. The third-order valence-electron chi connectivity index (χ3n) is 4.80. The monoisotopic (exact) mass is 344 g/mol. The highest BCUT2D eigenvalue weighted by Crippen LogP contribution is 2.24. The maximum Gasteiger partial charge on any atom is 0.274 e. The lowest BCUT2D eigenvalue weighted by molar-refractivity contribution is 0.0698. The van der Waals surface area contributed by atoms with Crippen molar-refractivity contribution in [1.82, 2.24) is 20.0 Å². The molecule has 24 heavy (non-hydrogen) atoms. The number of piperidine rings is 1. The average molecular weight is 344 g/mol. The Labute approximate surface area is 144 Å². The van der Waals surface area contributed by atoms with Crippen LogP contribution in [0.15, 0.2) is 17.5 Å². The quantitative estimate of drug-likeness (QED) is 0.909. The number of carbonyl (C=O) groups is 2. The molecule has 0 atom stereocenters.